The minimum atomic E-state index is -1.67. The van der Waals surface area contributed by atoms with Crippen molar-refractivity contribution in [3.8, 4) is 35.1 Å². The van der Waals surface area contributed by atoms with Crippen LogP contribution in [-0.4, -0.2) is 109 Å². The van der Waals surface area contributed by atoms with E-state index in [0.29, 0.717) is 67.4 Å². The Morgan fingerprint density at radius 2 is 1.13 bits per heavy atom. The van der Waals surface area contributed by atoms with E-state index in [4.69, 9.17) is 33.7 Å². The average molecular weight is 850 g/mol. The number of carbonyl (C=O) groups is 4. The second-order valence-electron chi connectivity index (χ2n) is 13.9. The van der Waals surface area contributed by atoms with Crippen LogP contribution in [0.5, 0.6) is 0 Å². The van der Waals surface area contributed by atoms with E-state index in [1.165, 1.54) is 16.9 Å². The van der Waals surface area contributed by atoms with Gasteiger partial charge in [0.05, 0.1) is 50.3 Å². The Hall–Kier alpha value is -6.72. The number of carbonyl (C=O) groups excluding carboxylic acids is 4. The number of likely N-dealkylation sites (N-methyl/N-ethyl adjacent to an activating group) is 2. The fourth-order valence-electron chi connectivity index (χ4n) is 6.78. The fourth-order valence-corrected chi connectivity index (χ4v) is 7.30. The van der Waals surface area contributed by atoms with Gasteiger partial charge in [-0.2, -0.15) is 10.2 Å². The molecular formula is C43H38Cl2N8O7. The molecule has 60 heavy (non-hydrogen) atoms. The lowest BCUT2D eigenvalue weighted by Crippen LogP contribution is -2.37. The Kier molecular flexibility index (Phi) is 12.1. The van der Waals surface area contributed by atoms with Gasteiger partial charge in [-0.15, -0.1) is 0 Å². The van der Waals surface area contributed by atoms with Crippen LogP contribution in [0.2, 0.25) is 10.0 Å². The third kappa shape index (κ3) is 8.00. The van der Waals surface area contributed by atoms with Gasteiger partial charge in [0.25, 0.3) is 17.7 Å². The third-order valence-electron chi connectivity index (χ3n) is 9.95. The van der Waals surface area contributed by atoms with Crippen molar-refractivity contribution >= 4 is 68.7 Å². The SMILES string of the molecule is CN1CC[C@@](O)(C#Cc2cccc(-n3nc(C(N)=O)c4c(Cl)cccc43)c2)C1=O.COC(=O)c1nn(-c2cccc(C#C[C@]3(O)CCN(C)C3=O)c2)c2cccc(Cl)c12.N. The Morgan fingerprint density at radius 3 is 1.53 bits per heavy atom. The topological polar surface area (TPSA) is 221 Å². The van der Waals surface area contributed by atoms with Crippen LogP contribution in [0, 0.1) is 23.7 Å². The zero-order valence-corrected chi connectivity index (χ0v) is 34.1. The van der Waals surface area contributed by atoms with Crippen LogP contribution in [0.3, 0.4) is 0 Å². The molecule has 306 valence electrons. The van der Waals surface area contributed by atoms with E-state index in [1.54, 1.807) is 102 Å². The van der Waals surface area contributed by atoms with Crippen molar-refractivity contribution in [2.75, 3.05) is 34.3 Å². The Balaban J connectivity index is 0.000000198. The van der Waals surface area contributed by atoms with Gasteiger partial charge in [-0.05, 0) is 60.7 Å². The second kappa shape index (κ2) is 16.9. The van der Waals surface area contributed by atoms with Crippen LogP contribution >= 0.6 is 23.2 Å². The maximum absolute atomic E-state index is 12.2. The number of rotatable bonds is 4. The van der Waals surface area contributed by atoms with Crippen molar-refractivity contribution in [2.24, 2.45) is 5.73 Å². The number of hydrogen-bond acceptors (Lipinski definition) is 10. The standard InChI is InChI=1S/C22H18ClN3O4.C21H17ClN4O3.H3N/c1-25-12-11-22(29,21(25)28)10-9-14-5-3-6-15(13-14)26-17-8-4-7-16(23)18(17)19(24-26)20(27)30-2;1-25-11-10-21(29,20(25)28)9-8-13-4-2-5-14(12-13)26-16-7-3-6-15(22)17(16)18(24-26)19(23)27;/h3-8,13,29H,11-12H2,1-2H3;2-7,12,29H,10-11H2,1H3,(H2,23,27);1H3/t22-;21-;/m00./s1. The summed E-state index contributed by atoms with van der Waals surface area (Å²) in [5, 5.41) is 31.4. The third-order valence-corrected chi connectivity index (χ3v) is 10.6. The molecule has 2 aliphatic heterocycles. The summed E-state index contributed by atoms with van der Waals surface area (Å²) in [5.74, 6) is 9.08. The number of aromatic nitrogens is 4. The van der Waals surface area contributed by atoms with Gasteiger partial charge in [-0.3, -0.25) is 14.4 Å². The highest BCUT2D eigenvalue weighted by atomic mass is 35.5. The molecule has 8 rings (SSSR count). The van der Waals surface area contributed by atoms with Crippen molar-refractivity contribution in [3.05, 3.63) is 117 Å². The van der Waals surface area contributed by atoms with Crippen LogP contribution < -0.4 is 11.9 Å². The first kappa shape index (κ1) is 42.9. The van der Waals surface area contributed by atoms with Gasteiger partial charge in [0, 0.05) is 51.2 Å². The summed E-state index contributed by atoms with van der Waals surface area (Å²) in [6, 6.07) is 24.7. The molecule has 3 amide bonds. The number of nitrogens with zero attached hydrogens (tertiary/aromatic N) is 6. The number of aliphatic hydroxyl groups is 2. The fraction of sp³-hybridized carbons (Fsp3) is 0.209. The highest BCUT2D eigenvalue weighted by Crippen LogP contribution is 2.31. The molecule has 15 nitrogen and oxygen atoms in total. The minimum Gasteiger partial charge on any atom is -0.464 e. The molecule has 0 radical (unpaired) electrons. The van der Waals surface area contributed by atoms with Crippen molar-refractivity contribution in [2.45, 2.75) is 24.0 Å². The maximum atomic E-state index is 12.2. The lowest BCUT2D eigenvalue weighted by Gasteiger charge is -2.13. The quantitative estimate of drug-likeness (QED) is 0.146. The molecule has 2 saturated heterocycles. The Labute approximate surface area is 353 Å². The average Bonchev–Trinajstić information content (AvgIpc) is 3.97. The molecule has 2 aromatic heterocycles. The number of amides is 3. The number of ether oxygens (including phenoxy) is 1. The van der Waals surface area contributed by atoms with Crippen LogP contribution in [0.25, 0.3) is 33.2 Å². The Bertz CT molecular complexity index is 2850. The number of esters is 1. The summed E-state index contributed by atoms with van der Waals surface area (Å²) < 4.78 is 7.99. The zero-order valence-electron chi connectivity index (χ0n) is 32.6. The number of benzene rings is 4. The molecule has 0 bridgehead atoms. The first-order valence-electron chi connectivity index (χ1n) is 18.1. The molecule has 2 atom stereocenters. The van der Waals surface area contributed by atoms with Crippen molar-refractivity contribution in [1.82, 2.24) is 35.5 Å². The van der Waals surface area contributed by atoms with Crippen molar-refractivity contribution < 1.29 is 34.1 Å². The van der Waals surface area contributed by atoms with E-state index >= 15 is 0 Å². The van der Waals surface area contributed by atoms with Gasteiger partial charge in [0.1, 0.15) is 0 Å². The minimum absolute atomic E-state index is 0. The van der Waals surface area contributed by atoms with Gasteiger partial charge in [0.2, 0.25) is 11.2 Å². The molecule has 17 heteroatoms. The van der Waals surface area contributed by atoms with Crippen LogP contribution in [0.15, 0.2) is 84.9 Å². The maximum Gasteiger partial charge on any atom is 0.359 e. The monoisotopic (exact) mass is 848 g/mol. The second-order valence-corrected chi connectivity index (χ2v) is 14.7. The van der Waals surface area contributed by atoms with Gasteiger partial charge < -0.3 is 36.6 Å². The van der Waals surface area contributed by atoms with Gasteiger partial charge in [-0.1, -0.05) is 71.1 Å². The smallest absolute Gasteiger partial charge is 0.359 e. The summed E-state index contributed by atoms with van der Waals surface area (Å²) in [6.07, 6.45) is 0.527. The molecular weight excluding hydrogens is 811 g/mol. The summed E-state index contributed by atoms with van der Waals surface area (Å²) >= 11 is 12.6. The molecule has 0 aliphatic carbocycles. The lowest BCUT2D eigenvalue weighted by molar-refractivity contribution is -0.138. The number of hydrogen-bond donors (Lipinski definition) is 4. The molecule has 4 heterocycles. The number of likely N-dealkylation sites (tertiary alicyclic amines) is 2. The van der Waals surface area contributed by atoms with Crippen molar-refractivity contribution in [3.63, 3.8) is 0 Å². The van der Waals surface area contributed by atoms with Gasteiger partial charge in [0.15, 0.2) is 11.4 Å². The predicted molar refractivity (Wildman–Crippen MR) is 225 cm³/mol. The van der Waals surface area contributed by atoms with Crippen molar-refractivity contribution in [1.29, 1.82) is 0 Å². The van der Waals surface area contributed by atoms with E-state index in [1.807, 2.05) is 6.07 Å². The van der Waals surface area contributed by atoms with E-state index in [0.717, 1.165) is 0 Å². The molecule has 6 aromatic rings. The largest absolute Gasteiger partial charge is 0.464 e. The predicted octanol–water partition coefficient (Wildman–Crippen LogP) is 4.29. The molecule has 2 fully saturated rings. The Morgan fingerprint density at radius 1 is 0.717 bits per heavy atom. The van der Waals surface area contributed by atoms with Crippen LogP contribution in [0.4, 0.5) is 0 Å². The summed E-state index contributed by atoms with van der Waals surface area (Å²) in [4.78, 5) is 51.1. The highest BCUT2D eigenvalue weighted by Gasteiger charge is 2.43. The number of methoxy groups -OCH3 is 1. The normalized spacial score (nSPS) is 18.2. The summed E-state index contributed by atoms with van der Waals surface area (Å²) in [7, 11) is 4.55. The first-order chi connectivity index (χ1) is 28.1. The number of halogens is 2. The van der Waals surface area contributed by atoms with E-state index in [-0.39, 0.29) is 30.4 Å². The zero-order chi connectivity index (χ0) is 42.2. The van der Waals surface area contributed by atoms with Crippen LogP contribution in [-0.2, 0) is 14.3 Å². The van der Waals surface area contributed by atoms with Gasteiger partial charge in [-0.25, -0.2) is 14.2 Å². The molecule has 7 N–H and O–H groups in total. The molecule has 0 unspecified atom stereocenters. The summed E-state index contributed by atoms with van der Waals surface area (Å²) in [5.41, 5.74) is 6.04. The summed E-state index contributed by atoms with van der Waals surface area (Å²) in [6.45, 7) is 0.917. The van der Waals surface area contributed by atoms with E-state index in [9.17, 15) is 29.4 Å². The molecule has 0 spiro atoms. The lowest BCUT2D eigenvalue weighted by atomic mass is 10.0. The van der Waals surface area contributed by atoms with E-state index in [2.05, 4.69) is 33.9 Å². The van der Waals surface area contributed by atoms with E-state index < -0.39 is 34.9 Å². The molecule has 4 aromatic carbocycles. The number of nitrogens with two attached hydrogens (primary N) is 1. The van der Waals surface area contributed by atoms with Crippen LogP contribution in [0.1, 0.15) is 44.9 Å². The number of primary amides is 1. The number of fused-ring (bicyclic) bond motifs is 2. The van der Waals surface area contributed by atoms with Gasteiger partial charge >= 0.3 is 5.97 Å². The molecule has 2 aliphatic rings. The first-order valence-corrected chi connectivity index (χ1v) is 18.9. The highest BCUT2D eigenvalue weighted by molar-refractivity contribution is 6.37. The molecule has 0 saturated carbocycles.